The molecule has 21 heavy (non-hydrogen) atoms. The Kier molecular flexibility index (Phi) is 4.09. The molecule has 2 aromatic rings. The van der Waals surface area contributed by atoms with Gasteiger partial charge < -0.3 is 15.5 Å². The molecule has 0 saturated carbocycles. The van der Waals surface area contributed by atoms with E-state index in [4.69, 9.17) is 16.7 Å². The van der Waals surface area contributed by atoms with Crippen LogP contribution in [0.25, 0.3) is 0 Å². The minimum Gasteiger partial charge on any atom is -0.505 e. The number of nitrogens with one attached hydrogen (secondary N) is 1. The molecule has 0 fully saturated rings. The maximum Gasteiger partial charge on any atom is 0.339 e. The number of anilines is 1. The van der Waals surface area contributed by atoms with Gasteiger partial charge in [-0.2, -0.15) is 0 Å². The summed E-state index contributed by atoms with van der Waals surface area (Å²) in [6.45, 7) is 0. The van der Waals surface area contributed by atoms with Crippen LogP contribution in [0.5, 0.6) is 5.75 Å². The van der Waals surface area contributed by atoms with Gasteiger partial charge in [-0.25, -0.2) is 9.18 Å². The zero-order chi connectivity index (χ0) is 15.6. The highest BCUT2D eigenvalue weighted by molar-refractivity contribution is 6.30. The van der Waals surface area contributed by atoms with E-state index in [0.29, 0.717) is 0 Å². The Labute approximate surface area is 123 Å². The second-order valence-electron chi connectivity index (χ2n) is 4.09. The van der Waals surface area contributed by atoms with Crippen molar-refractivity contribution in [3.05, 3.63) is 58.4 Å². The van der Waals surface area contributed by atoms with Crippen molar-refractivity contribution in [2.75, 3.05) is 5.32 Å². The maximum absolute atomic E-state index is 13.6. The fourth-order valence-corrected chi connectivity index (χ4v) is 1.84. The molecule has 2 rings (SSSR count). The number of aromatic carboxylic acids is 1. The third-order valence-corrected chi connectivity index (χ3v) is 2.93. The van der Waals surface area contributed by atoms with E-state index in [1.54, 1.807) is 0 Å². The normalized spacial score (nSPS) is 10.2. The van der Waals surface area contributed by atoms with E-state index < -0.39 is 23.4 Å². The number of hydrogen-bond acceptors (Lipinski definition) is 3. The van der Waals surface area contributed by atoms with Crippen LogP contribution in [0.2, 0.25) is 5.02 Å². The molecule has 3 N–H and O–H groups in total. The lowest BCUT2D eigenvalue weighted by Gasteiger charge is -2.09. The minimum absolute atomic E-state index is 0.130. The van der Waals surface area contributed by atoms with Gasteiger partial charge >= 0.3 is 5.97 Å². The van der Waals surface area contributed by atoms with Crippen LogP contribution in [-0.4, -0.2) is 22.1 Å². The number of carbonyl (C=O) groups is 2. The van der Waals surface area contributed by atoms with Gasteiger partial charge in [0.2, 0.25) is 0 Å². The molecule has 0 saturated heterocycles. The third-order valence-electron chi connectivity index (χ3n) is 2.69. The summed E-state index contributed by atoms with van der Waals surface area (Å²) in [6.07, 6.45) is 0. The number of hydrogen-bond donors (Lipinski definition) is 3. The molecule has 2 aromatic carbocycles. The van der Waals surface area contributed by atoms with Crippen LogP contribution in [0, 0.1) is 5.82 Å². The van der Waals surface area contributed by atoms with Gasteiger partial charge in [0.15, 0.2) is 5.75 Å². The molecule has 0 aliphatic rings. The highest BCUT2D eigenvalue weighted by Gasteiger charge is 2.17. The van der Waals surface area contributed by atoms with Gasteiger partial charge in [-0.1, -0.05) is 17.7 Å². The molecule has 0 bridgehead atoms. The predicted octanol–water partition coefficient (Wildman–Crippen LogP) is 3.14. The number of benzene rings is 2. The van der Waals surface area contributed by atoms with E-state index in [1.807, 2.05) is 0 Å². The molecule has 0 aliphatic carbocycles. The van der Waals surface area contributed by atoms with Crippen molar-refractivity contribution in [2.24, 2.45) is 0 Å². The van der Waals surface area contributed by atoms with Crippen molar-refractivity contribution in [2.45, 2.75) is 0 Å². The zero-order valence-corrected chi connectivity index (χ0v) is 11.2. The first kappa shape index (κ1) is 14.8. The average Bonchev–Trinajstić information content (AvgIpc) is 2.40. The molecule has 5 nitrogen and oxygen atoms in total. The van der Waals surface area contributed by atoms with E-state index in [2.05, 4.69) is 5.32 Å². The summed E-state index contributed by atoms with van der Waals surface area (Å²) in [4.78, 5) is 22.8. The van der Waals surface area contributed by atoms with Crippen LogP contribution in [0.3, 0.4) is 0 Å². The summed E-state index contributed by atoms with van der Waals surface area (Å²) in [6, 6.07) is 7.32. The Morgan fingerprint density at radius 2 is 1.86 bits per heavy atom. The number of carboxylic acid groups (broad SMARTS) is 1. The molecule has 108 valence electrons. The van der Waals surface area contributed by atoms with Gasteiger partial charge in [-0.15, -0.1) is 0 Å². The van der Waals surface area contributed by atoms with E-state index in [1.165, 1.54) is 30.3 Å². The molecule has 1 amide bonds. The number of para-hydroxylation sites is 1. The second-order valence-corrected chi connectivity index (χ2v) is 4.52. The van der Waals surface area contributed by atoms with Gasteiger partial charge in [0.05, 0.1) is 11.3 Å². The Balaban J connectivity index is 2.32. The van der Waals surface area contributed by atoms with Gasteiger partial charge in [-0.05, 0) is 30.3 Å². The van der Waals surface area contributed by atoms with E-state index >= 15 is 0 Å². The van der Waals surface area contributed by atoms with Crippen LogP contribution in [-0.2, 0) is 0 Å². The number of halogens is 2. The summed E-state index contributed by atoms with van der Waals surface area (Å²) < 4.78 is 13.6. The fourth-order valence-electron chi connectivity index (χ4n) is 1.68. The lowest BCUT2D eigenvalue weighted by molar-refractivity contribution is 0.0693. The molecular weight excluding hydrogens is 301 g/mol. The molecule has 0 aromatic heterocycles. The van der Waals surface area contributed by atoms with Crippen LogP contribution in [0.4, 0.5) is 10.1 Å². The van der Waals surface area contributed by atoms with Gasteiger partial charge in [-0.3, -0.25) is 4.79 Å². The van der Waals surface area contributed by atoms with Gasteiger partial charge in [0, 0.05) is 5.02 Å². The smallest absolute Gasteiger partial charge is 0.339 e. The van der Waals surface area contributed by atoms with Crippen LogP contribution in [0.1, 0.15) is 20.7 Å². The Hall–Kier alpha value is -2.60. The number of rotatable bonds is 3. The quantitative estimate of drug-likeness (QED) is 0.760. The Morgan fingerprint density at radius 3 is 2.48 bits per heavy atom. The molecule has 0 aliphatic heterocycles. The lowest BCUT2D eigenvalue weighted by atomic mass is 10.1. The van der Waals surface area contributed by atoms with Gasteiger partial charge in [0.25, 0.3) is 5.91 Å². The summed E-state index contributed by atoms with van der Waals surface area (Å²) in [5, 5.41) is 21.0. The fraction of sp³-hybridized carbons (Fsp3) is 0. The van der Waals surface area contributed by atoms with E-state index in [0.717, 1.165) is 6.07 Å². The topological polar surface area (TPSA) is 86.6 Å². The molecule has 0 atom stereocenters. The number of phenols is 1. The summed E-state index contributed by atoms with van der Waals surface area (Å²) in [7, 11) is 0. The molecule has 7 heteroatoms. The zero-order valence-electron chi connectivity index (χ0n) is 10.4. The van der Waals surface area contributed by atoms with Crippen LogP contribution >= 0.6 is 11.6 Å². The van der Waals surface area contributed by atoms with Crippen LogP contribution in [0.15, 0.2) is 36.4 Å². The molecule has 0 unspecified atom stereocenters. The predicted molar refractivity (Wildman–Crippen MR) is 74.4 cm³/mol. The number of carbonyl (C=O) groups excluding carboxylic acids is 1. The molecule has 0 spiro atoms. The van der Waals surface area contributed by atoms with Crippen molar-refractivity contribution in [1.82, 2.24) is 0 Å². The second kappa shape index (κ2) is 5.80. The summed E-state index contributed by atoms with van der Waals surface area (Å²) >= 11 is 5.59. The minimum atomic E-state index is -1.35. The Morgan fingerprint density at radius 1 is 1.14 bits per heavy atom. The van der Waals surface area contributed by atoms with Crippen molar-refractivity contribution in [3.63, 3.8) is 0 Å². The summed E-state index contributed by atoms with van der Waals surface area (Å²) in [5.74, 6) is -3.61. The highest BCUT2D eigenvalue weighted by atomic mass is 35.5. The number of amides is 1. The first-order valence-electron chi connectivity index (χ1n) is 5.72. The first-order valence-corrected chi connectivity index (χ1v) is 6.09. The molecule has 0 heterocycles. The van der Waals surface area contributed by atoms with Crippen molar-refractivity contribution in [3.8, 4) is 5.75 Å². The standard InChI is InChI=1S/C14H9ClFNO4/c15-7-4-5-8(10(16)6-7)13(19)17-11-3-1-2-9(12(11)18)14(20)21/h1-6,18H,(H,17,19)(H,20,21). The average molecular weight is 310 g/mol. The number of aromatic hydroxyl groups is 1. The van der Waals surface area contributed by atoms with E-state index in [9.17, 15) is 19.1 Å². The van der Waals surface area contributed by atoms with E-state index in [-0.39, 0.29) is 21.8 Å². The molecule has 0 radical (unpaired) electrons. The van der Waals surface area contributed by atoms with Crippen molar-refractivity contribution in [1.29, 1.82) is 0 Å². The SMILES string of the molecule is O=C(Nc1cccc(C(=O)O)c1O)c1ccc(Cl)cc1F. The lowest BCUT2D eigenvalue weighted by Crippen LogP contribution is -2.14. The maximum atomic E-state index is 13.6. The monoisotopic (exact) mass is 309 g/mol. The van der Waals surface area contributed by atoms with Crippen molar-refractivity contribution < 1.29 is 24.2 Å². The van der Waals surface area contributed by atoms with Gasteiger partial charge in [0.1, 0.15) is 11.4 Å². The largest absolute Gasteiger partial charge is 0.505 e. The van der Waals surface area contributed by atoms with Crippen molar-refractivity contribution >= 4 is 29.2 Å². The summed E-state index contributed by atoms with van der Waals surface area (Å²) in [5.41, 5.74) is -0.779. The number of carboxylic acids is 1. The Bertz CT molecular complexity index is 733. The highest BCUT2D eigenvalue weighted by Crippen LogP contribution is 2.28. The third kappa shape index (κ3) is 3.11. The van der Waals surface area contributed by atoms with Crippen LogP contribution < -0.4 is 5.32 Å². The molecular formula is C14H9ClFNO4. The first-order chi connectivity index (χ1) is 9.90.